The zero-order valence-electron chi connectivity index (χ0n) is 22.6. The van der Waals surface area contributed by atoms with E-state index in [0.717, 1.165) is 5.56 Å². The van der Waals surface area contributed by atoms with Crippen LogP contribution < -0.4 is 24.8 Å². The number of carbonyl (C=O) groups is 3. The third-order valence-corrected chi connectivity index (χ3v) is 5.47. The Hall–Kier alpha value is -4.53. The van der Waals surface area contributed by atoms with E-state index in [1.165, 1.54) is 27.4 Å². The number of methoxy groups -OCH3 is 3. The van der Waals surface area contributed by atoms with Crippen molar-refractivity contribution >= 4 is 29.2 Å². The van der Waals surface area contributed by atoms with Crippen LogP contribution in [0.4, 0.5) is 11.4 Å². The summed E-state index contributed by atoms with van der Waals surface area (Å²) in [5.74, 6) is -0.401. The van der Waals surface area contributed by atoms with E-state index in [1.54, 1.807) is 69.3 Å². The van der Waals surface area contributed by atoms with E-state index < -0.39 is 17.5 Å². The molecule has 0 aliphatic carbocycles. The van der Waals surface area contributed by atoms with Crippen molar-refractivity contribution in [3.05, 3.63) is 76.9 Å². The number of ether oxygens (including phenoxy) is 4. The summed E-state index contributed by atoms with van der Waals surface area (Å²) in [7, 11) is 4.39. The molecule has 0 radical (unpaired) electrons. The minimum Gasteiger partial charge on any atom is -0.495 e. The van der Waals surface area contributed by atoms with E-state index in [0.29, 0.717) is 28.4 Å². The largest absolute Gasteiger partial charge is 0.495 e. The van der Waals surface area contributed by atoms with Gasteiger partial charge in [0.25, 0.3) is 11.8 Å². The number of rotatable bonds is 8. The minimum atomic E-state index is -0.708. The van der Waals surface area contributed by atoms with Crippen molar-refractivity contribution in [2.45, 2.75) is 33.3 Å². The van der Waals surface area contributed by atoms with Gasteiger partial charge < -0.3 is 29.6 Å². The topological polar surface area (TPSA) is 112 Å². The van der Waals surface area contributed by atoms with Gasteiger partial charge in [-0.2, -0.15) is 0 Å². The van der Waals surface area contributed by atoms with E-state index in [1.807, 2.05) is 6.92 Å². The second kappa shape index (κ2) is 11.7. The van der Waals surface area contributed by atoms with E-state index >= 15 is 0 Å². The lowest BCUT2D eigenvalue weighted by atomic mass is 10.1. The summed E-state index contributed by atoms with van der Waals surface area (Å²) in [6, 6.07) is 14.7. The van der Waals surface area contributed by atoms with Crippen LogP contribution in [0.2, 0.25) is 0 Å². The van der Waals surface area contributed by atoms with Gasteiger partial charge in [-0.25, -0.2) is 4.79 Å². The van der Waals surface area contributed by atoms with Crippen molar-refractivity contribution in [1.82, 2.24) is 0 Å². The molecule has 0 spiro atoms. The number of hydrogen-bond acceptors (Lipinski definition) is 7. The number of nitrogens with one attached hydrogen (secondary N) is 2. The molecule has 0 fully saturated rings. The molecule has 9 nitrogen and oxygen atoms in total. The zero-order chi connectivity index (χ0) is 28.0. The second-order valence-corrected chi connectivity index (χ2v) is 9.40. The minimum absolute atomic E-state index is 0.105. The van der Waals surface area contributed by atoms with E-state index in [9.17, 15) is 14.4 Å². The van der Waals surface area contributed by atoms with Crippen LogP contribution in [-0.2, 0) is 4.74 Å². The standard InChI is InChI=1S/C29H32N2O7/c1-17-11-13-19(16-22(17)31-26(32)18-12-14-23(35-5)24(15-18)36-6)30-27(33)20-9-8-10-21(25(20)37-7)28(34)38-29(2,3)4/h8-16H,1-7H3,(H,30,33)(H,31,32). The van der Waals surface area contributed by atoms with Crippen LogP contribution in [0.15, 0.2) is 54.6 Å². The Kier molecular flexibility index (Phi) is 8.62. The number of amides is 2. The van der Waals surface area contributed by atoms with Crippen molar-refractivity contribution in [3.8, 4) is 17.2 Å². The van der Waals surface area contributed by atoms with Crippen LogP contribution in [0.5, 0.6) is 17.2 Å². The lowest BCUT2D eigenvalue weighted by Crippen LogP contribution is -2.24. The molecule has 9 heteroatoms. The highest BCUT2D eigenvalue weighted by molar-refractivity contribution is 6.09. The highest BCUT2D eigenvalue weighted by atomic mass is 16.6. The first-order chi connectivity index (χ1) is 18.0. The first kappa shape index (κ1) is 28.0. The summed E-state index contributed by atoms with van der Waals surface area (Å²) < 4.78 is 21.4. The van der Waals surface area contributed by atoms with Crippen molar-refractivity contribution in [2.24, 2.45) is 0 Å². The van der Waals surface area contributed by atoms with E-state index in [-0.39, 0.29) is 22.8 Å². The number of anilines is 2. The van der Waals surface area contributed by atoms with E-state index in [4.69, 9.17) is 18.9 Å². The fraction of sp³-hybridized carbons (Fsp3) is 0.276. The Labute approximate surface area is 222 Å². The quantitative estimate of drug-likeness (QED) is 0.378. The molecular weight excluding hydrogens is 488 g/mol. The molecule has 3 aromatic carbocycles. The second-order valence-electron chi connectivity index (χ2n) is 9.40. The highest BCUT2D eigenvalue weighted by Crippen LogP contribution is 2.30. The van der Waals surface area contributed by atoms with Gasteiger partial charge in [0, 0.05) is 16.9 Å². The maximum atomic E-state index is 13.2. The molecule has 0 heterocycles. The van der Waals surface area contributed by atoms with Gasteiger partial charge in [0.1, 0.15) is 16.9 Å². The molecule has 2 N–H and O–H groups in total. The lowest BCUT2D eigenvalue weighted by Gasteiger charge is -2.21. The number of aryl methyl sites for hydroxylation is 1. The fourth-order valence-corrected chi connectivity index (χ4v) is 3.63. The molecule has 0 bridgehead atoms. The summed E-state index contributed by atoms with van der Waals surface area (Å²) in [5.41, 5.74) is 1.71. The predicted octanol–water partition coefficient (Wildman–Crippen LogP) is 5.48. The van der Waals surface area contributed by atoms with Crippen LogP contribution in [-0.4, -0.2) is 44.7 Å². The molecule has 0 unspecified atom stereocenters. The summed E-state index contributed by atoms with van der Waals surface area (Å²) in [4.78, 5) is 38.7. The highest BCUT2D eigenvalue weighted by Gasteiger charge is 2.25. The first-order valence-electron chi connectivity index (χ1n) is 11.8. The van der Waals surface area contributed by atoms with Gasteiger partial charge in [0.15, 0.2) is 11.5 Å². The Morgan fingerprint density at radius 1 is 0.737 bits per heavy atom. The van der Waals surface area contributed by atoms with Gasteiger partial charge >= 0.3 is 5.97 Å². The molecule has 3 rings (SSSR count). The van der Waals surface area contributed by atoms with Gasteiger partial charge in [0.2, 0.25) is 0 Å². The third kappa shape index (κ3) is 6.61. The first-order valence-corrected chi connectivity index (χ1v) is 11.8. The molecular formula is C29H32N2O7. The molecule has 2 amide bonds. The van der Waals surface area contributed by atoms with E-state index in [2.05, 4.69) is 10.6 Å². The number of carbonyl (C=O) groups excluding carboxylic acids is 3. The zero-order valence-corrected chi connectivity index (χ0v) is 22.6. The Morgan fingerprint density at radius 3 is 2.05 bits per heavy atom. The third-order valence-electron chi connectivity index (χ3n) is 5.47. The van der Waals surface area contributed by atoms with Gasteiger partial charge in [-0.05, 0) is 75.7 Å². The van der Waals surface area contributed by atoms with Gasteiger partial charge in [-0.3, -0.25) is 9.59 Å². The smallest absolute Gasteiger partial charge is 0.342 e. The lowest BCUT2D eigenvalue weighted by molar-refractivity contribution is 0.00663. The van der Waals surface area contributed by atoms with Crippen LogP contribution in [0.25, 0.3) is 0 Å². The average molecular weight is 521 g/mol. The molecule has 0 aromatic heterocycles. The molecule has 0 saturated heterocycles. The summed E-state index contributed by atoms with van der Waals surface area (Å²) in [6.45, 7) is 7.11. The van der Waals surface area contributed by atoms with Gasteiger partial charge in [-0.1, -0.05) is 12.1 Å². The van der Waals surface area contributed by atoms with Crippen LogP contribution >= 0.6 is 0 Å². The molecule has 0 aliphatic rings. The molecule has 0 atom stereocenters. The van der Waals surface area contributed by atoms with Gasteiger partial charge in [-0.15, -0.1) is 0 Å². The molecule has 200 valence electrons. The Morgan fingerprint density at radius 2 is 1.42 bits per heavy atom. The normalized spacial score (nSPS) is 10.8. The average Bonchev–Trinajstić information content (AvgIpc) is 2.88. The molecule has 0 aliphatic heterocycles. The number of benzene rings is 3. The fourth-order valence-electron chi connectivity index (χ4n) is 3.63. The molecule has 3 aromatic rings. The Balaban J connectivity index is 1.83. The summed E-state index contributed by atoms with van der Waals surface area (Å²) in [6.07, 6.45) is 0. The molecule has 0 saturated carbocycles. The number of para-hydroxylation sites is 1. The SMILES string of the molecule is COc1ccc(C(=O)Nc2cc(NC(=O)c3cccc(C(=O)OC(C)(C)C)c3OC)ccc2C)cc1OC. The maximum absolute atomic E-state index is 13.2. The Bertz CT molecular complexity index is 1360. The number of esters is 1. The monoisotopic (exact) mass is 520 g/mol. The molecule has 38 heavy (non-hydrogen) atoms. The summed E-state index contributed by atoms with van der Waals surface area (Å²) in [5, 5.41) is 5.67. The van der Waals surface area contributed by atoms with Crippen LogP contribution in [0.3, 0.4) is 0 Å². The maximum Gasteiger partial charge on any atom is 0.342 e. The van der Waals surface area contributed by atoms with Crippen molar-refractivity contribution in [2.75, 3.05) is 32.0 Å². The van der Waals surface area contributed by atoms with Crippen molar-refractivity contribution in [1.29, 1.82) is 0 Å². The predicted molar refractivity (Wildman–Crippen MR) is 145 cm³/mol. The summed E-state index contributed by atoms with van der Waals surface area (Å²) >= 11 is 0. The van der Waals surface area contributed by atoms with Crippen LogP contribution in [0.1, 0.15) is 57.4 Å². The van der Waals surface area contributed by atoms with Crippen molar-refractivity contribution in [3.63, 3.8) is 0 Å². The number of hydrogen-bond donors (Lipinski definition) is 2. The van der Waals surface area contributed by atoms with Crippen molar-refractivity contribution < 1.29 is 33.3 Å². The van der Waals surface area contributed by atoms with Crippen LogP contribution in [0, 0.1) is 6.92 Å². The van der Waals surface area contributed by atoms with Gasteiger partial charge in [0.05, 0.1) is 26.9 Å².